The van der Waals surface area contributed by atoms with Crippen LogP contribution in [0.3, 0.4) is 0 Å². The molecule has 0 bridgehead atoms. The number of rotatable bonds is 3. The maximum absolute atomic E-state index is 11.8. The SMILES string of the molecule is CCOC(=O)C1=C(C2CCCN(C)C2)OC(=O)C1=O. The molecule has 0 spiro atoms. The fraction of sp³-hybridized carbons (Fsp3) is 0.615. The van der Waals surface area contributed by atoms with Crippen molar-refractivity contribution >= 4 is 17.7 Å². The zero-order valence-electron chi connectivity index (χ0n) is 11.1. The van der Waals surface area contributed by atoms with Crippen molar-refractivity contribution in [1.29, 1.82) is 0 Å². The minimum absolute atomic E-state index is 0.103. The van der Waals surface area contributed by atoms with Crippen molar-refractivity contribution in [2.45, 2.75) is 19.8 Å². The Bertz CT molecular complexity index is 454. The second-order valence-corrected chi connectivity index (χ2v) is 4.78. The van der Waals surface area contributed by atoms with Gasteiger partial charge < -0.3 is 14.4 Å². The van der Waals surface area contributed by atoms with Crippen LogP contribution in [0.4, 0.5) is 0 Å². The number of carbonyl (C=O) groups excluding carboxylic acids is 3. The molecule has 6 heteroatoms. The van der Waals surface area contributed by atoms with E-state index in [-0.39, 0.29) is 23.9 Å². The Morgan fingerprint density at radius 2 is 2.21 bits per heavy atom. The number of piperidine rings is 1. The highest BCUT2D eigenvalue weighted by Crippen LogP contribution is 2.31. The summed E-state index contributed by atoms with van der Waals surface area (Å²) >= 11 is 0. The molecule has 104 valence electrons. The fourth-order valence-corrected chi connectivity index (χ4v) is 2.48. The third kappa shape index (κ3) is 2.68. The molecule has 19 heavy (non-hydrogen) atoms. The number of hydrogen-bond acceptors (Lipinski definition) is 6. The van der Waals surface area contributed by atoms with E-state index in [1.165, 1.54) is 0 Å². The van der Waals surface area contributed by atoms with Gasteiger partial charge in [0.05, 0.1) is 6.61 Å². The smallest absolute Gasteiger partial charge is 0.385 e. The third-order valence-corrected chi connectivity index (χ3v) is 3.34. The first-order valence-corrected chi connectivity index (χ1v) is 6.41. The molecular weight excluding hydrogens is 250 g/mol. The lowest BCUT2D eigenvalue weighted by Gasteiger charge is -2.29. The summed E-state index contributed by atoms with van der Waals surface area (Å²) in [5, 5.41) is 0. The van der Waals surface area contributed by atoms with Crippen LogP contribution in [-0.2, 0) is 23.9 Å². The summed E-state index contributed by atoms with van der Waals surface area (Å²) in [7, 11) is 1.95. The number of likely N-dealkylation sites (tertiary alicyclic amines) is 1. The van der Waals surface area contributed by atoms with Crippen molar-refractivity contribution in [2.75, 3.05) is 26.7 Å². The molecule has 2 aliphatic rings. The standard InChI is InChI=1S/C13H17NO5/c1-3-18-12(16)9-10(15)13(17)19-11(9)8-5-4-6-14(2)7-8/h8H,3-7H2,1-2H3. The van der Waals surface area contributed by atoms with E-state index < -0.39 is 17.7 Å². The molecule has 0 saturated carbocycles. The quantitative estimate of drug-likeness (QED) is 0.415. The van der Waals surface area contributed by atoms with E-state index in [2.05, 4.69) is 4.90 Å². The maximum Gasteiger partial charge on any atom is 0.385 e. The van der Waals surface area contributed by atoms with Crippen LogP contribution in [-0.4, -0.2) is 49.4 Å². The van der Waals surface area contributed by atoms with Crippen molar-refractivity contribution in [1.82, 2.24) is 4.90 Å². The summed E-state index contributed by atoms with van der Waals surface area (Å²) in [5.74, 6) is -2.54. The number of ether oxygens (including phenoxy) is 2. The van der Waals surface area contributed by atoms with Crippen molar-refractivity contribution < 1.29 is 23.9 Å². The summed E-state index contributed by atoms with van der Waals surface area (Å²) in [6.45, 7) is 3.43. The number of esters is 2. The molecule has 0 aromatic heterocycles. The van der Waals surface area contributed by atoms with Crippen LogP contribution in [0.15, 0.2) is 11.3 Å². The van der Waals surface area contributed by atoms with Gasteiger partial charge in [0.2, 0.25) is 0 Å². The monoisotopic (exact) mass is 267 g/mol. The van der Waals surface area contributed by atoms with E-state index in [9.17, 15) is 14.4 Å². The van der Waals surface area contributed by atoms with E-state index in [4.69, 9.17) is 9.47 Å². The molecule has 2 heterocycles. The van der Waals surface area contributed by atoms with Crippen LogP contribution in [0.5, 0.6) is 0 Å². The first-order valence-electron chi connectivity index (χ1n) is 6.41. The Morgan fingerprint density at radius 1 is 1.47 bits per heavy atom. The molecule has 1 saturated heterocycles. The van der Waals surface area contributed by atoms with Crippen molar-refractivity contribution in [2.24, 2.45) is 5.92 Å². The Labute approximate surface area is 111 Å². The third-order valence-electron chi connectivity index (χ3n) is 3.34. The topological polar surface area (TPSA) is 72.9 Å². The second kappa shape index (κ2) is 5.52. The Hall–Kier alpha value is -1.69. The number of carbonyl (C=O) groups is 3. The molecule has 2 rings (SSSR count). The predicted octanol–water partition coefficient (Wildman–Crippen LogP) is 0.271. The van der Waals surface area contributed by atoms with Crippen LogP contribution in [0.25, 0.3) is 0 Å². The van der Waals surface area contributed by atoms with E-state index >= 15 is 0 Å². The van der Waals surface area contributed by atoms with Crippen LogP contribution in [0, 0.1) is 5.92 Å². The zero-order chi connectivity index (χ0) is 14.0. The van der Waals surface area contributed by atoms with Gasteiger partial charge in [-0.3, -0.25) is 4.79 Å². The number of Topliss-reactive ketones (excluding diaryl/α,β-unsaturated/α-hetero) is 1. The number of nitrogens with zero attached hydrogens (tertiary/aromatic N) is 1. The van der Waals surface area contributed by atoms with Crippen LogP contribution in [0.1, 0.15) is 19.8 Å². The molecule has 0 amide bonds. The highest BCUT2D eigenvalue weighted by molar-refractivity contribution is 6.48. The average molecular weight is 267 g/mol. The van der Waals surface area contributed by atoms with Gasteiger partial charge in [-0.15, -0.1) is 0 Å². The van der Waals surface area contributed by atoms with Crippen molar-refractivity contribution in [3.8, 4) is 0 Å². The highest BCUT2D eigenvalue weighted by atomic mass is 16.6. The van der Waals surface area contributed by atoms with Gasteiger partial charge in [-0.1, -0.05) is 0 Å². The second-order valence-electron chi connectivity index (χ2n) is 4.78. The van der Waals surface area contributed by atoms with Crippen molar-refractivity contribution in [3.63, 3.8) is 0 Å². The van der Waals surface area contributed by atoms with Gasteiger partial charge in [0, 0.05) is 12.5 Å². The number of hydrogen-bond donors (Lipinski definition) is 0. The van der Waals surface area contributed by atoms with E-state index in [0.29, 0.717) is 6.54 Å². The van der Waals surface area contributed by atoms with Gasteiger partial charge in [-0.2, -0.15) is 0 Å². The summed E-state index contributed by atoms with van der Waals surface area (Å²) in [6.07, 6.45) is 1.73. The van der Waals surface area contributed by atoms with Gasteiger partial charge in [0.1, 0.15) is 5.76 Å². The summed E-state index contributed by atoms with van der Waals surface area (Å²) in [4.78, 5) is 37.0. The Kier molecular flexibility index (Phi) is 3.99. The summed E-state index contributed by atoms with van der Waals surface area (Å²) in [6, 6.07) is 0. The minimum atomic E-state index is -0.980. The summed E-state index contributed by atoms with van der Waals surface area (Å²) in [5.41, 5.74) is -0.216. The average Bonchev–Trinajstić information content (AvgIpc) is 2.66. The highest BCUT2D eigenvalue weighted by Gasteiger charge is 2.42. The largest absolute Gasteiger partial charge is 0.462 e. The lowest BCUT2D eigenvalue weighted by molar-refractivity contribution is -0.148. The van der Waals surface area contributed by atoms with Crippen LogP contribution in [0.2, 0.25) is 0 Å². The van der Waals surface area contributed by atoms with E-state index in [0.717, 1.165) is 19.4 Å². The molecule has 1 fully saturated rings. The summed E-state index contributed by atoms with van der Waals surface area (Å²) < 4.78 is 9.83. The van der Waals surface area contributed by atoms with E-state index in [1.807, 2.05) is 7.05 Å². The van der Waals surface area contributed by atoms with Crippen LogP contribution >= 0.6 is 0 Å². The molecule has 6 nitrogen and oxygen atoms in total. The Morgan fingerprint density at radius 3 is 2.84 bits per heavy atom. The predicted molar refractivity (Wildman–Crippen MR) is 65.0 cm³/mol. The molecule has 1 unspecified atom stereocenters. The first kappa shape index (κ1) is 13.7. The molecule has 0 aromatic rings. The normalized spacial score (nSPS) is 24.6. The molecule has 0 N–H and O–H groups in total. The van der Waals surface area contributed by atoms with Gasteiger partial charge in [-0.25, -0.2) is 9.59 Å². The Balaban J connectivity index is 2.29. The van der Waals surface area contributed by atoms with Gasteiger partial charge in [0.15, 0.2) is 5.57 Å². The van der Waals surface area contributed by atoms with Crippen molar-refractivity contribution in [3.05, 3.63) is 11.3 Å². The molecular formula is C13H17NO5. The van der Waals surface area contributed by atoms with Gasteiger partial charge in [-0.05, 0) is 33.4 Å². The number of cyclic esters (lactones) is 1. The minimum Gasteiger partial charge on any atom is -0.462 e. The fourth-order valence-electron chi connectivity index (χ4n) is 2.48. The lowest BCUT2D eigenvalue weighted by Crippen LogP contribution is -2.33. The molecule has 0 aliphatic carbocycles. The van der Waals surface area contributed by atoms with Gasteiger partial charge in [0.25, 0.3) is 5.78 Å². The van der Waals surface area contributed by atoms with Gasteiger partial charge >= 0.3 is 11.9 Å². The molecule has 2 aliphatic heterocycles. The maximum atomic E-state index is 11.8. The first-order chi connectivity index (χ1) is 9.04. The molecule has 0 aromatic carbocycles. The zero-order valence-corrected chi connectivity index (χ0v) is 11.1. The van der Waals surface area contributed by atoms with E-state index in [1.54, 1.807) is 6.92 Å². The lowest BCUT2D eigenvalue weighted by atomic mass is 9.93. The number of ketones is 1. The van der Waals surface area contributed by atoms with Crippen LogP contribution < -0.4 is 0 Å². The molecule has 1 atom stereocenters. The molecule has 0 radical (unpaired) electrons.